The van der Waals surface area contributed by atoms with E-state index in [9.17, 15) is 13.2 Å². The molecule has 0 aliphatic heterocycles. The molecule has 0 unspecified atom stereocenters. The Morgan fingerprint density at radius 1 is 0.917 bits per heavy atom. The van der Waals surface area contributed by atoms with E-state index < -0.39 is 9.84 Å². The van der Waals surface area contributed by atoms with Gasteiger partial charge >= 0.3 is 0 Å². The fraction of sp³-hybridized carbons (Fsp3) is 0.316. The van der Waals surface area contributed by atoms with Gasteiger partial charge in [-0.1, -0.05) is 43.3 Å². The zero-order valence-corrected chi connectivity index (χ0v) is 15.1. The molecule has 0 aliphatic rings. The lowest BCUT2D eigenvalue weighted by atomic mass is 10.1. The van der Waals surface area contributed by atoms with E-state index in [0.717, 1.165) is 12.0 Å². The van der Waals surface area contributed by atoms with Gasteiger partial charge in [0.05, 0.1) is 5.75 Å². The van der Waals surface area contributed by atoms with Crippen LogP contribution in [-0.4, -0.2) is 32.5 Å². The molecule has 4 nitrogen and oxygen atoms in total. The van der Waals surface area contributed by atoms with Crippen molar-refractivity contribution in [2.24, 2.45) is 0 Å². The first-order valence-corrected chi connectivity index (χ1v) is 9.94. The maximum Gasteiger partial charge on any atom is 0.253 e. The lowest BCUT2D eigenvalue weighted by Gasteiger charge is -2.18. The highest BCUT2D eigenvalue weighted by Crippen LogP contribution is 2.12. The Kier molecular flexibility index (Phi) is 5.78. The number of benzene rings is 2. The van der Waals surface area contributed by atoms with Crippen LogP contribution in [0.3, 0.4) is 0 Å². The maximum absolute atomic E-state index is 12.5. The number of amides is 1. The zero-order valence-electron chi connectivity index (χ0n) is 14.3. The Morgan fingerprint density at radius 2 is 1.42 bits per heavy atom. The van der Waals surface area contributed by atoms with E-state index in [1.165, 1.54) is 11.8 Å². The van der Waals surface area contributed by atoms with Crippen LogP contribution in [0.15, 0.2) is 48.5 Å². The van der Waals surface area contributed by atoms with Gasteiger partial charge in [-0.2, -0.15) is 0 Å². The summed E-state index contributed by atoms with van der Waals surface area (Å²) in [5, 5.41) is 0. The van der Waals surface area contributed by atoms with Crippen LogP contribution in [0, 0.1) is 0 Å². The molecular formula is C19H23NO3S. The topological polar surface area (TPSA) is 54.5 Å². The molecule has 0 atom stereocenters. The minimum Gasteiger partial charge on any atom is -0.337 e. The fourth-order valence-electron chi connectivity index (χ4n) is 2.49. The van der Waals surface area contributed by atoms with E-state index in [-0.39, 0.29) is 11.7 Å². The molecule has 0 heterocycles. The average molecular weight is 345 g/mol. The molecule has 1 amide bonds. The second-order valence-corrected chi connectivity index (χ2v) is 8.24. The van der Waals surface area contributed by atoms with E-state index in [1.807, 2.05) is 12.1 Å². The molecule has 128 valence electrons. The highest BCUT2D eigenvalue weighted by atomic mass is 32.2. The van der Waals surface area contributed by atoms with Crippen molar-refractivity contribution in [3.63, 3.8) is 0 Å². The summed E-state index contributed by atoms with van der Waals surface area (Å²) in [4.78, 5) is 14.1. The summed E-state index contributed by atoms with van der Waals surface area (Å²) in [7, 11) is -1.30. The Bertz CT molecular complexity index is 794. The van der Waals surface area contributed by atoms with Gasteiger partial charge in [-0.3, -0.25) is 4.79 Å². The molecule has 0 spiro atoms. The van der Waals surface area contributed by atoms with E-state index >= 15 is 0 Å². The van der Waals surface area contributed by atoms with Gasteiger partial charge < -0.3 is 4.90 Å². The number of hydrogen-bond donors (Lipinski definition) is 0. The lowest BCUT2D eigenvalue weighted by molar-refractivity contribution is 0.0785. The molecule has 0 fully saturated rings. The van der Waals surface area contributed by atoms with Gasteiger partial charge in [0.2, 0.25) is 0 Å². The van der Waals surface area contributed by atoms with E-state index in [4.69, 9.17) is 0 Å². The summed E-state index contributed by atoms with van der Waals surface area (Å²) < 4.78 is 22.6. The minimum absolute atomic E-state index is 0.0128. The van der Waals surface area contributed by atoms with Crippen LogP contribution in [0.1, 0.15) is 34.0 Å². The van der Waals surface area contributed by atoms with Crippen molar-refractivity contribution in [2.75, 3.05) is 13.3 Å². The molecule has 0 saturated heterocycles. The first kappa shape index (κ1) is 18.2. The van der Waals surface area contributed by atoms with E-state index in [0.29, 0.717) is 17.7 Å². The second-order valence-electron chi connectivity index (χ2n) is 6.10. The third-order valence-corrected chi connectivity index (χ3v) is 4.69. The van der Waals surface area contributed by atoms with Crippen LogP contribution in [-0.2, 0) is 28.6 Å². The van der Waals surface area contributed by atoms with Gasteiger partial charge in [-0.15, -0.1) is 0 Å². The summed E-state index contributed by atoms with van der Waals surface area (Å²) in [5.74, 6) is -0.0957. The van der Waals surface area contributed by atoms with Crippen molar-refractivity contribution < 1.29 is 13.2 Å². The summed E-state index contributed by atoms with van der Waals surface area (Å²) >= 11 is 0. The number of aryl methyl sites for hydroxylation is 1. The van der Waals surface area contributed by atoms with Gasteiger partial charge in [0.15, 0.2) is 9.84 Å². The molecule has 2 aromatic rings. The van der Waals surface area contributed by atoms with E-state index in [2.05, 4.69) is 19.1 Å². The molecule has 2 rings (SSSR count). The predicted molar refractivity (Wildman–Crippen MR) is 96.6 cm³/mol. The van der Waals surface area contributed by atoms with Crippen LogP contribution in [0.2, 0.25) is 0 Å². The number of carbonyl (C=O) groups excluding carboxylic acids is 1. The predicted octanol–water partition coefficient (Wildman–Crippen LogP) is 3.07. The van der Waals surface area contributed by atoms with Crippen molar-refractivity contribution in [3.8, 4) is 0 Å². The monoisotopic (exact) mass is 345 g/mol. The van der Waals surface area contributed by atoms with Crippen LogP contribution in [0.5, 0.6) is 0 Å². The maximum atomic E-state index is 12.5. The van der Waals surface area contributed by atoms with Crippen LogP contribution >= 0.6 is 0 Å². The standard InChI is InChI=1S/C19H23NO3S/c1-4-15-5-7-16(8-6-15)13-20(2)19(21)18-11-9-17(10-12-18)14-24(3,22)23/h5-12H,4,13-14H2,1-3H3. The first-order chi connectivity index (χ1) is 11.3. The van der Waals surface area contributed by atoms with Gasteiger partial charge in [0, 0.05) is 25.4 Å². The summed E-state index contributed by atoms with van der Waals surface area (Å²) in [6.07, 6.45) is 2.19. The van der Waals surface area contributed by atoms with Gasteiger partial charge in [-0.25, -0.2) is 8.42 Å². The Balaban J connectivity index is 2.04. The second kappa shape index (κ2) is 7.62. The smallest absolute Gasteiger partial charge is 0.253 e. The average Bonchev–Trinajstić information content (AvgIpc) is 2.54. The number of nitrogens with zero attached hydrogens (tertiary/aromatic N) is 1. The highest BCUT2D eigenvalue weighted by Gasteiger charge is 2.13. The molecule has 5 heteroatoms. The molecule has 0 saturated carbocycles. The van der Waals surface area contributed by atoms with Crippen molar-refractivity contribution in [1.29, 1.82) is 0 Å². The number of sulfone groups is 1. The normalized spacial score (nSPS) is 11.3. The molecule has 2 aromatic carbocycles. The van der Waals surface area contributed by atoms with Gasteiger partial charge in [0.1, 0.15) is 0 Å². The quantitative estimate of drug-likeness (QED) is 0.808. The van der Waals surface area contributed by atoms with Crippen LogP contribution in [0.4, 0.5) is 0 Å². The highest BCUT2D eigenvalue weighted by molar-refractivity contribution is 7.89. The SMILES string of the molecule is CCc1ccc(CN(C)C(=O)c2ccc(CS(C)(=O)=O)cc2)cc1. The number of rotatable bonds is 6. The Morgan fingerprint density at radius 3 is 1.92 bits per heavy atom. The van der Waals surface area contributed by atoms with E-state index in [1.54, 1.807) is 36.2 Å². The van der Waals surface area contributed by atoms with Crippen molar-refractivity contribution in [1.82, 2.24) is 4.90 Å². The molecular weight excluding hydrogens is 322 g/mol. The molecule has 0 aromatic heterocycles. The molecule has 24 heavy (non-hydrogen) atoms. The lowest BCUT2D eigenvalue weighted by Crippen LogP contribution is -2.26. The first-order valence-electron chi connectivity index (χ1n) is 7.88. The summed E-state index contributed by atoms with van der Waals surface area (Å²) in [6, 6.07) is 15.0. The Hall–Kier alpha value is -2.14. The van der Waals surface area contributed by atoms with Crippen molar-refractivity contribution in [2.45, 2.75) is 25.6 Å². The molecule has 0 radical (unpaired) electrons. The molecule has 0 bridgehead atoms. The summed E-state index contributed by atoms with van der Waals surface area (Å²) in [6.45, 7) is 2.64. The summed E-state index contributed by atoms with van der Waals surface area (Å²) in [5.41, 5.74) is 3.60. The van der Waals surface area contributed by atoms with Crippen LogP contribution < -0.4 is 0 Å². The van der Waals surface area contributed by atoms with Gasteiger partial charge in [0.25, 0.3) is 5.91 Å². The largest absolute Gasteiger partial charge is 0.337 e. The van der Waals surface area contributed by atoms with Crippen molar-refractivity contribution in [3.05, 3.63) is 70.8 Å². The molecule has 0 N–H and O–H groups in total. The Labute approximate surface area is 144 Å². The van der Waals surface area contributed by atoms with Crippen molar-refractivity contribution >= 4 is 15.7 Å². The number of carbonyl (C=O) groups is 1. The zero-order chi connectivity index (χ0) is 17.7. The number of hydrogen-bond acceptors (Lipinski definition) is 3. The van der Waals surface area contributed by atoms with Gasteiger partial charge in [-0.05, 0) is 35.2 Å². The van der Waals surface area contributed by atoms with Crippen LogP contribution in [0.25, 0.3) is 0 Å². The third-order valence-electron chi connectivity index (χ3n) is 3.83. The third kappa shape index (κ3) is 5.20. The molecule has 0 aliphatic carbocycles. The fourth-order valence-corrected chi connectivity index (χ4v) is 3.29. The minimum atomic E-state index is -3.07.